The number of rotatable bonds is 8. The van der Waals surface area contributed by atoms with Crippen LogP contribution in [0.25, 0.3) is 67.5 Å². The average molecular weight is 726 g/mol. The molecular formula is C51H43N5. The van der Waals surface area contributed by atoms with Crippen LogP contribution in [0.4, 0.5) is 11.4 Å². The van der Waals surface area contributed by atoms with E-state index in [0.717, 1.165) is 55.9 Å². The van der Waals surface area contributed by atoms with Crippen molar-refractivity contribution in [3.8, 4) is 67.5 Å². The first-order chi connectivity index (χ1) is 27.5. The largest absolute Gasteiger partial charge is 0.355 e. The summed E-state index contributed by atoms with van der Waals surface area (Å²) >= 11 is 0. The molecule has 7 aromatic carbocycles. The third-order valence-electron chi connectivity index (χ3n) is 10.4. The van der Waals surface area contributed by atoms with Gasteiger partial charge in [-0.2, -0.15) is 0 Å². The summed E-state index contributed by atoms with van der Waals surface area (Å²) in [6.45, 7) is 8.51. The van der Waals surface area contributed by atoms with Crippen molar-refractivity contribution >= 4 is 17.6 Å². The smallest absolute Gasteiger partial charge is 0.164 e. The fourth-order valence-electron chi connectivity index (χ4n) is 7.73. The van der Waals surface area contributed by atoms with Crippen LogP contribution in [0, 0.1) is 5.41 Å². The van der Waals surface area contributed by atoms with Gasteiger partial charge in [-0.3, -0.25) is 0 Å². The minimum absolute atomic E-state index is 0.188. The van der Waals surface area contributed by atoms with Crippen LogP contribution in [0.2, 0.25) is 0 Å². The molecule has 9 rings (SSSR count). The average Bonchev–Trinajstić information content (AvgIpc) is 3.51. The second-order valence-corrected chi connectivity index (χ2v) is 14.2. The summed E-state index contributed by atoms with van der Waals surface area (Å²) in [5.41, 5.74) is 14.9. The van der Waals surface area contributed by atoms with Gasteiger partial charge in [-0.25, -0.2) is 15.0 Å². The van der Waals surface area contributed by atoms with Crippen LogP contribution in [-0.4, -0.2) is 21.2 Å². The Hall–Kier alpha value is -6.98. The molecule has 0 saturated heterocycles. The summed E-state index contributed by atoms with van der Waals surface area (Å²) in [6.07, 6.45) is 1.49. The van der Waals surface area contributed by atoms with E-state index >= 15 is 0 Å². The molecule has 8 aromatic rings. The van der Waals surface area contributed by atoms with E-state index in [2.05, 4.69) is 128 Å². The molecule has 0 radical (unpaired) electrons. The van der Waals surface area contributed by atoms with Crippen molar-refractivity contribution in [2.24, 2.45) is 0 Å². The number of aromatic nitrogens is 3. The quantitative estimate of drug-likeness (QED) is 0.153. The standard InChI is InChI=1S/C49H37N5.C2H6/c1-49(2)43-22-10-9-21-40(43)41-27-28-44(42(31-50)45(41)49)51-39-25-23-32(24-26-39)35-17-11-18-36(29-35)37-19-12-20-38(30-37)48-53-46(33-13-5-3-6-14-33)52-47(54-48)34-15-7-4-8-16-34;1-2/h3-31,50-51H,1-2H3;1-2H3. The van der Waals surface area contributed by atoms with Gasteiger partial charge in [0.05, 0.1) is 0 Å². The Morgan fingerprint density at radius 3 is 1.54 bits per heavy atom. The molecule has 0 bridgehead atoms. The zero-order chi connectivity index (χ0) is 38.6. The van der Waals surface area contributed by atoms with Crippen molar-refractivity contribution in [1.82, 2.24) is 15.0 Å². The van der Waals surface area contributed by atoms with Crippen molar-refractivity contribution in [3.05, 3.63) is 187 Å². The molecule has 5 nitrogen and oxygen atoms in total. The maximum atomic E-state index is 8.42. The summed E-state index contributed by atoms with van der Waals surface area (Å²) in [5.74, 6) is 1.92. The highest BCUT2D eigenvalue weighted by atomic mass is 15.0. The van der Waals surface area contributed by atoms with Crippen molar-refractivity contribution < 1.29 is 0 Å². The molecule has 0 fully saturated rings. The van der Waals surface area contributed by atoms with Gasteiger partial charge in [-0.15, -0.1) is 0 Å². The van der Waals surface area contributed by atoms with Gasteiger partial charge >= 0.3 is 0 Å². The van der Waals surface area contributed by atoms with Crippen LogP contribution >= 0.6 is 0 Å². The van der Waals surface area contributed by atoms with E-state index in [1.54, 1.807) is 0 Å². The van der Waals surface area contributed by atoms with E-state index < -0.39 is 0 Å². The first-order valence-electron chi connectivity index (χ1n) is 19.2. The Bertz CT molecular complexity index is 2610. The van der Waals surface area contributed by atoms with Gasteiger partial charge in [-0.05, 0) is 74.8 Å². The van der Waals surface area contributed by atoms with Gasteiger partial charge in [0.25, 0.3) is 0 Å². The maximum Gasteiger partial charge on any atom is 0.164 e. The second kappa shape index (κ2) is 15.4. The molecule has 272 valence electrons. The van der Waals surface area contributed by atoms with Crippen LogP contribution < -0.4 is 5.32 Å². The summed E-state index contributed by atoms with van der Waals surface area (Å²) in [7, 11) is 0. The normalized spacial score (nSPS) is 12.1. The van der Waals surface area contributed by atoms with Crippen LogP contribution in [0.5, 0.6) is 0 Å². The molecule has 5 heteroatoms. The molecule has 0 saturated carbocycles. The van der Waals surface area contributed by atoms with Gasteiger partial charge in [0.2, 0.25) is 0 Å². The monoisotopic (exact) mass is 725 g/mol. The topological polar surface area (TPSA) is 74.6 Å². The minimum atomic E-state index is -0.188. The van der Waals surface area contributed by atoms with E-state index in [0.29, 0.717) is 17.5 Å². The first-order valence-corrected chi connectivity index (χ1v) is 19.2. The van der Waals surface area contributed by atoms with Crippen molar-refractivity contribution in [2.45, 2.75) is 33.1 Å². The Morgan fingerprint density at radius 2 is 0.946 bits per heavy atom. The lowest BCUT2D eigenvalue weighted by atomic mass is 9.80. The lowest BCUT2D eigenvalue weighted by Gasteiger charge is -2.24. The van der Waals surface area contributed by atoms with Crippen molar-refractivity contribution in [2.75, 3.05) is 5.32 Å². The summed E-state index contributed by atoms with van der Waals surface area (Å²) in [5, 5.41) is 12.0. The zero-order valence-corrected chi connectivity index (χ0v) is 32.1. The number of fused-ring (bicyclic) bond motifs is 3. The molecule has 2 N–H and O–H groups in total. The number of nitrogens with zero attached hydrogens (tertiary/aromatic N) is 3. The van der Waals surface area contributed by atoms with Crippen LogP contribution in [0.15, 0.2) is 170 Å². The number of anilines is 2. The number of hydrogen-bond donors (Lipinski definition) is 2. The van der Waals surface area contributed by atoms with Gasteiger partial charge in [0, 0.05) is 45.3 Å². The lowest BCUT2D eigenvalue weighted by molar-refractivity contribution is 0.659. The molecular weight excluding hydrogens is 683 g/mol. The SMILES string of the molecule is CC.CC1(C)c2ccccc2-c2ccc(Nc3ccc(-c4cccc(-c5cccc(-c6nc(-c7ccccc7)nc(-c7ccccc7)n6)c5)c4)cc3)c(C=N)c21. The van der Waals surface area contributed by atoms with Crippen molar-refractivity contribution in [1.29, 1.82) is 5.41 Å². The molecule has 56 heavy (non-hydrogen) atoms. The van der Waals surface area contributed by atoms with Crippen molar-refractivity contribution in [3.63, 3.8) is 0 Å². The van der Waals surface area contributed by atoms with Gasteiger partial charge < -0.3 is 10.7 Å². The van der Waals surface area contributed by atoms with E-state index in [1.807, 2.05) is 74.5 Å². The van der Waals surface area contributed by atoms with Gasteiger partial charge in [0.15, 0.2) is 17.5 Å². The Morgan fingerprint density at radius 1 is 0.464 bits per heavy atom. The van der Waals surface area contributed by atoms with E-state index in [1.165, 1.54) is 28.5 Å². The van der Waals surface area contributed by atoms with Crippen LogP contribution in [-0.2, 0) is 5.41 Å². The predicted molar refractivity (Wildman–Crippen MR) is 234 cm³/mol. The molecule has 0 amide bonds. The Balaban J connectivity index is 0.00000217. The number of nitrogens with one attached hydrogen (secondary N) is 2. The molecule has 1 aliphatic rings. The fraction of sp³-hybridized carbons (Fsp3) is 0.0980. The minimum Gasteiger partial charge on any atom is -0.355 e. The summed E-state index contributed by atoms with van der Waals surface area (Å²) in [6, 6.07) is 58.5. The second-order valence-electron chi connectivity index (χ2n) is 14.2. The van der Waals surface area contributed by atoms with Crippen LogP contribution in [0.3, 0.4) is 0 Å². The van der Waals surface area contributed by atoms with Gasteiger partial charge in [-0.1, -0.05) is 167 Å². The first kappa shape index (κ1) is 36.0. The summed E-state index contributed by atoms with van der Waals surface area (Å²) < 4.78 is 0. The third-order valence-corrected chi connectivity index (χ3v) is 10.4. The lowest BCUT2D eigenvalue weighted by Crippen LogP contribution is -2.18. The van der Waals surface area contributed by atoms with E-state index in [4.69, 9.17) is 20.4 Å². The highest BCUT2D eigenvalue weighted by molar-refractivity contribution is 5.97. The van der Waals surface area contributed by atoms with E-state index in [-0.39, 0.29) is 5.41 Å². The predicted octanol–water partition coefficient (Wildman–Crippen LogP) is 13.3. The molecule has 1 heterocycles. The molecule has 0 spiro atoms. The number of benzene rings is 7. The highest BCUT2D eigenvalue weighted by Gasteiger charge is 2.37. The Kier molecular flexibility index (Phi) is 9.91. The molecule has 0 aliphatic heterocycles. The zero-order valence-electron chi connectivity index (χ0n) is 32.1. The van der Waals surface area contributed by atoms with E-state index in [9.17, 15) is 0 Å². The molecule has 0 atom stereocenters. The van der Waals surface area contributed by atoms with Gasteiger partial charge in [0.1, 0.15) is 0 Å². The molecule has 0 unspecified atom stereocenters. The number of hydrogen-bond acceptors (Lipinski definition) is 5. The third kappa shape index (κ3) is 6.80. The fourth-order valence-corrected chi connectivity index (χ4v) is 7.73. The molecule has 1 aliphatic carbocycles. The molecule has 1 aromatic heterocycles. The Labute approximate surface area is 329 Å². The summed E-state index contributed by atoms with van der Waals surface area (Å²) in [4.78, 5) is 14.7. The maximum absolute atomic E-state index is 8.42. The highest BCUT2D eigenvalue weighted by Crippen LogP contribution is 2.51. The van der Waals surface area contributed by atoms with Crippen LogP contribution in [0.1, 0.15) is 44.4 Å².